The summed E-state index contributed by atoms with van der Waals surface area (Å²) in [6.07, 6.45) is 2.28. The highest BCUT2D eigenvalue weighted by atomic mass is 127. The number of methoxy groups -OCH3 is 1. The summed E-state index contributed by atoms with van der Waals surface area (Å²) in [4.78, 5) is 12.5. The van der Waals surface area contributed by atoms with Crippen LogP contribution >= 0.6 is 38.5 Å². The number of anilines is 1. The Labute approximate surface area is 197 Å². The normalized spacial score (nSPS) is 10.9. The minimum atomic E-state index is -0.449. The summed E-state index contributed by atoms with van der Waals surface area (Å²) < 4.78 is 7.65. The van der Waals surface area contributed by atoms with Crippen LogP contribution in [0.25, 0.3) is 6.08 Å². The van der Waals surface area contributed by atoms with Crippen molar-refractivity contribution in [3.63, 3.8) is 0 Å². The Kier molecular flexibility index (Phi) is 7.66. The maximum absolute atomic E-state index is 12.5. The highest BCUT2D eigenvalue weighted by molar-refractivity contribution is 14.1. The molecule has 0 aromatic heterocycles. The summed E-state index contributed by atoms with van der Waals surface area (Å²) in [5.41, 5.74) is 3.59. The molecule has 4 nitrogen and oxygen atoms in total. The van der Waals surface area contributed by atoms with Crippen molar-refractivity contribution in [3.05, 3.63) is 97.0 Å². The number of carbonyl (C=O) groups excluding carboxylic acids is 1. The molecule has 0 unspecified atom stereocenters. The molecule has 30 heavy (non-hydrogen) atoms. The molecule has 0 aliphatic carbocycles. The van der Waals surface area contributed by atoms with Crippen molar-refractivity contribution in [1.29, 1.82) is 5.26 Å². The molecular weight excluding hydrogens is 555 g/mol. The average Bonchev–Trinajstić information content (AvgIpc) is 2.75. The Morgan fingerprint density at radius 1 is 1.17 bits per heavy atom. The van der Waals surface area contributed by atoms with Crippen LogP contribution in [-0.4, -0.2) is 13.0 Å². The van der Waals surface area contributed by atoms with Gasteiger partial charge in [-0.25, -0.2) is 0 Å². The first kappa shape index (κ1) is 22.1. The number of nitrogens with zero attached hydrogens (tertiary/aromatic N) is 1. The molecule has 6 heteroatoms. The van der Waals surface area contributed by atoms with Gasteiger partial charge in [0.25, 0.3) is 5.91 Å². The van der Waals surface area contributed by atoms with E-state index < -0.39 is 5.91 Å². The second-order valence-corrected chi connectivity index (χ2v) is 8.46. The maximum Gasteiger partial charge on any atom is 0.266 e. The molecule has 0 fully saturated rings. The van der Waals surface area contributed by atoms with E-state index in [0.29, 0.717) is 17.9 Å². The van der Waals surface area contributed by atoms with Gasteiger partial charge in [-0.05, 0) is 70.1 Å². The van der Waals surface area contributed by atoms with Crippen LogP contribution in [-0.2, 0) is 11.2 Å². The van der Waals surface area contributed by atoms with E-state index >= 15 is 0 Å². The van der Waals surface area contributed by atoms with Crippen molar-refractivity contribution in [2.24, 2.45) is 0 Å². The maximum atomic E-state index is 12.5. The van der Waals surface area contributed by atoms with Crippen LogP contribution in [0.2, 0.25) is 0 Å². The molecule has 0 heterocycles. The Morgan fingerprint density at radius 2 is 1.87 bits per heavy atom. The van der Waals surface area contributed by atoms with Gasteiger partial charge in [-0.1, -0.05) is 52.3 Å². The van der Waals surface area contributed by atoms with Crippen molar-refractivity contribution >= 4 is 56.2 Å². The van der Waals surface area contributed by atoms with Gasteiger partial charge in [0, 0.05) is 25.7 Å². The molecular formula is C24H18BrIN2O2. The molecule has 0 radical (unpaired) electrons. The van der Waals surface area contributed by atoms with Gasteiger partial charge >= 0.3 is 0 Å². The summed E-state index contributed by atoms with van der Waals surface area (Å²) in [6, 6.07) is 22.9. The molecule has 0 atom stereocenters. The van der Waals surface area contributed by atoms with E-state index in [-0.39, 0.29) is 5.57 Å². The second kappa shape index (κ2) is 10.4. The van der Waals surface area contributed by atoms with Crippen LogP contribution in [0, 0.1) is 14.9 Å². The number of benzene rings is 3. The van der Waals surface area contributed by atoms with Crippen LogP contribution in [0.5, 0.6) is 5.75 Å². The van der Waals surface area contributed by atoms with E-state index in [1.165, 1.54) is 0 Å². The lowest BCUT2D eigenvalue weighted by molar-refractivity contribution is -0.112. The molecule has 1 amide bonds. The molecule has 0 saturated heterocycles. The fourth-order valence-corrected chi connectivity index (χ4v) is 4.18. The SMILES string of the molecule is COc1cc(/C=C(\C#N)C(=O)Nc2ccccc2)cc(I)c1Cc1ccccc1Br. The fourth-order valence-electron chi connectivity index (χ4n) is 2.94. The summed E-state index contributed by atoms with van der Waals surface area (Å²) in [7, 11) is 1.62. The zero-order chi connectivity index (χ0) is 21.5. The number of rotatable bonds is 6. The number of hydrogen-bond donors (Lipinski definition) is 1. The number of carbonyl (C=O) groups is 1. The lowest BCUT2D eigenvalue weighted by Crippen LogP contribution is -2.13. The Balaban J connectivity index is 1.90. The first-order valence-electron chi connectivity index (χ1n) is 9.10. The molecule has 0 bridgehead atoms. The Morgan fingerprint density at radius 3 is 2.53 bits per heavy atom. The summed E-state index contributed by atoms with van der Waals surface area (Å²) in [5, 5.41) is 12.2. The predicted molar refractivity (Wildman–Crippen MR) is 131 cm³/mol. The van der Waals surface area contributed by atoms with Gasteiger partial charge in [0.2, 0.25) is 0 Å². The first-order valence-corrected chi connectivity index (χ1v) is 11.0. The number of nitrogens with one attached hydrogen (secondary N) is 1. The average molecular weight is 573 g/mol. The summed E-state index contributed by atoms with van der Waals surface area (Å²) >= 11 is 5.85. The van der Waals surface area contributed by atoms with Gasteiger partial charge in [0.05, 0.1) is 7.11 Å². The molecule has 3 rings (SSSR count). The minimum Gasteiger partial charge on any atom is -0.496 e. The van der Waals surface area contributed by atoms with E-state index in [9.17, 15) is 10.1 Å². The third-order valence-corrected chi connectivity index (χ3v) is 6.17. The van der Waals surface area contributed by atoms with Crippen LogP contribution in [0.4, 0.5) is 5.69 Å². The molecule has 3 aromatic carbocycles. The van der Waals surface area contributed by atoms with Crippen LogP contribution in [0.3, 0.4) is 0 Å². The van der Waals surface area contributed by atoms with Crippen LogP contribution in [0.15, 0.2) is 76.8 Å². The monoisotopic (exact) mass is 572 g/mol. The van der Waals surface area contributed by atoms with Gasteiger partial charge in [-0.15, -0.1) is 0 Å². The third-order valence-electron chi connectivity index (χ3n) is 4.43. The predicted octanol–water partition coefficient (Wildman–Crippen LogP) is 6.20. The van der Waals surface area contributed by atoms with Gasteiger partial charge in [0.1, 0.15) is 17.4 Å². The van der Waals surface area contributed by atoms with Gasteiger partial charge < -0.3 is 10.1 Å². The number of hydrogen-bond acceptors (Lipinski definition) is 3. The van der Waals surface area contributed by atoms with Crippen molar-refractivity contribution in [3.8, 4) is 11.8 Å². The summed E-state index contributed by atoms with van der Waals surface area (Å²) in [6.45, 7) is 0. The van der Waals surface area contributed by atoms with Crippen molar-refractivity contribution in [2.75, 3.05) is 12.4 Å². The third kappa shape index (κ3) is 5.49. The first-order chi connectivity index (χ1) is 14.5. The Bertz CT molecular complexity index is 1140. The van der Waals surface area contributed by atoms with E-state index in [0.717, 1.165) is 24.7 Å². The minimum absolute atomic E-state index is 0.0234. The molecule has 1 N–H and O–H groups in total. The lowest BCUT2D eigenvalue weighted by atomic mass is 10.0. The number of para-hydroxylation sites is 1. The second-order valence-electron chi connectivity index (χ2n) is 6.44. The smallest absolute Gasteiger partial charge is 0.266 e. The molecule has 0 aliphatic rings. The highest BCUT2D eigenvalue weighted by Gasteiger charge is 2.14. The largest absolute Gasteiger partial charge is 0.496 e. The van der Waals surface area contributed by atoms with E-state index in [1.807, 2.05) is 54.6 Å². The molecule has 3 aromatic rings. The highest BCUT2D eigenvalue weighted by Crippen LogP contribution is 2.31. The number of halogens is 2. The molecule has 0 spiro atoms. The van der Waals surface area contributed by atoms with Gasteiger partial charge in [0.15, 0.2) is 0 Å². The van der Waals surface area contributed by atoms with E-state index in [1.54, 1.807) is 25.3 Å². The van der Waals surface area contributed by atoms with Gasteiger partial charge in [-0.2, -0.15) is 5.26 Å². The topological polar surface area (TPSA) is 62.1 Å². The van der Waals surface area contributed by atoms with E-state index in [4.69, 9.17) is 4.74 Å². The number of amides is 1. The van der Waals surface area contributed by atoms with E-state index in [2.05, 4.69) is 49.9 Å². The lowest BCUT2D eigenvalue weighted by Gasteiger charge is -2.13. The quantitative estimate of drug-likeness (QED) is 0.217. The molecule has 0 aliphatic heterocycles. The number of ether oxygens (including phenoxy) is 1. The zero-order valence-electron chi connectivity index (χ0n) is 16.2. The van der Waals surface area contributed by atoms with Crippen LogP contribution in [0.1, 0.15) is 16.7 Å². The molecule has 0 saturated carbocycles. The summed E-state index contributed by atoms with van der Waals surface area (Å²) in [5.74, 6) is 0.264. The zero-order valence-corrected chi connectivity index (χ0v) is 19.9. The van der Waals surface area contributed by atoms with Crippen LogP contribution < -0.4 is 10.1 Å². The standard InChI is InChI=1S/C24H18BrIN2O2/c1-30-23-13-16(11-18(15-27)24(29)28-19-8-3-2-4-9-19)12-22(26)20(23)14-17-7-5-6-10-21(17)25/h2-13H,14H2,1H3,(H,28,29)/b18-11+. The molecule has 150 valence electrons. The van der Waals surface area contributed by atoms with Gasteiger partial charge in [-0.3, -0.25) is 4.79 Å². The Hall–Kier alpha value is -2.63. The van der Waals surface area contributed by atoms with Crippen molar-refractivity contribution in [2.45, 2.75) is 6.42 Å². The van der Waals surface area contributed by atoms with Crippen molar-refractivity contribution in [1.82, 2.24) is 0 Å². The number of nitriles is 1. The fraction of sp³-hybridized carbons (Fsp3) is 0.0833. The van der Waals surface area contributed by atoms with Crippen molar-refractivity contribution < 1.29 is 9.53 Å².